The summed E-state index contributed by atoms with van der Waals surface area (Å²) in [6, 6.07) is 14.5. The van der Waals surface area contributed by atoms with Crippen LogP contribution in [0.3, 0.4) is 0 Å². The summed E-state index contributed by atoms with van der Waals surface area (Å²) in [5.74, 6) is -1.24. The van der Waals surface area contributed by atoms with Gasteiger partial charge in [0.25, 0.3) is 5.91 Å². The minimum atomic E-state index is -1.11. The van der Waals surface area contributed by atoms with E-state index < -0.39 is 5.97 Å². The SMILES string of the molecule is CNC(=O)c1ccc(-c2ccc(-c3nn[nH]c3C(=O)O)cc2)cc1. The number of aromatic amines is 1. The monoisotopic (exact) mass is 322 g/mol. The third kappa shape index (κ3) is 2.87. The average molecular weight is 322 g/mol. The normalized spacial score (nSPS) is 10.4. The first-order valence-electron chi connectivity index (χ1n) is 7.17. The van der Waals surface area contributed by atoms with E-state index in [9.17, 15) is 9.59 Å². The van der Waals surface area contributed by atoms with E-state index in [2.05, 4.69) is 20.7 Å². The summed E-state index contributed by atoms with van der Waals surface area (Å²) in [5, 5.41) is 21.4. The van der Waals surface area contributed by atoms with E-state index in [1.165, 1.54) is 0 Å². The van der Waals surface area contributed by atoms with Crippen molar-refractivity contribution in [3.8, 4) is 22.4 Å². The molecule has 1 heterocycles. The number of hydrogen-bond acceptors (Lipinski definition) is 4. The number of nitrogens with zero attached hydrogens (tertiary/aromatic N) is 2. The standard InChI is InChI=1S/C17H14N4O3/c1-18-16(22)13-8-4-11(5-9-13)10-2-6-12(7-3-10)14-15(17(23)24)20-21-19-14/h2-9H,1H3,(H,18,22)(H,23,24)(H,19,20,21). The molecule has 0 fully saturated rings. The number of aromatic nitrogens is 3. The van der Waals surface area contributed by atoms with Crippen LogP contribution in [-0.2, 0) is 0 Å². The first-order chi connectivity index (χ1) is 11.6. The Labute approximate surface area is 137 Å². The molecule has 3 N–H and O–H groups in total. The summed E-state index contributed by atoms with van der Waals surface area (Å²) < 4.78 is 0. The van der Waals surface area contributed by atoms with Crippen LogP contribution in [0.5, 0.6) is 0 Å². The molecule has 1 aromatic heterocycles. The highest BCUT2D eigenvalue weighted by atomic mass is 16.4. The zero-order valence-corrected chi connectivity index (χ0v) is 12.8. The highest BCUT2D eigenvalue weighted by Gasteiger charge is 2.15. The summed E-state index contributed by atoms with van der Waals surface area (Å²) in [5.41, 5.74) is 3.40. The minimum Gasteiger partial charge on any atom is -0.476 e. The fourth-order valence-corrected chi connectivity index (χ4v) is 2.36. The first kappa shape index (κ1) is 15.4. The number of benzene rings is 2. The molecule has 7 heteroatoms. The van der Waals surface area contributed by atoms with Crippen molar-refractivity contribution in [2.45, 2.75) is 0 Å². The van der Waals surface area contributed by atoms with Gasteiger partial charge in [0.05, 0.1) is 0 Å². The third-order valence-electron chi connectivity index (χ3n) is 3.63. The molecule has 0 unspecified atom stereocenters. The van der Waals surface area contributed by atoms with Crippen LogP contribution < -0.4 is 5.32 Å². The Morgan fingerprint density at radius 1 is 0.958 bits per heavy atom. The zero-order chi connectivity index (χ0) is 17.1. The maximum atomic E-state index is 11.5. The van der Waals surface area contributed by atoms with Gasteiger partial charge in [-0.15, -0.1) is 5.10 Å². The lowest BCUT2D eigenvalue weighted by molar-refractivity contribution is 0.0691. The van der Waals surface area contributed by atoms with Crippen LogP contribution >= 0.6 is 0 Å². The van der Waals surface area contributed by atoms with Crippen molar-refractivity contribution in [2.24, 2.45) is 0 Å². The van der Waals surface area contributed by atoms with E-state index in [-0.39, 0.29) is 11.6 Å². The number of H-pyrrole nitrogens is 1. The van der Waals surface area contributed by atoms with Crippen molar-refractivity contribution >= 4 is 11.9 Å². The van der Waals surface area contributed by atoms with Crippen LogP contribution in [0.25, 0.3) is 22.4 Å². The van der Waals surface area contributed by atoms with Gasteiger partial charge in [-0.2, -0.15) is 0 Å². The third-order valence-corrected chi connectivity index (χ3v) is 3.63. The van der Waals surface area contributed by atoms with Crippen molar-refractivity contribution in [1.29, 1.82) is 0 Å². The number of carboxylic acids is 1. The van der Waals surface area contributed by atoms with Crippen molar-refractivity contribution in [3.05, 3.63) is 59.8 Å². The number of carboxylic acid groups (broad SMARTS) is 1. The maximum Gasteiger partial charge on any atom is 0.356 e. The molecule has 0 aliphatic rings. The van der Waals surface area contributed by atoms with Crippen molar-refractivity contribution < 1.29 is 14.7 Å². The molecule has 24 heavy (non-hydrogen) atoms. The molecule has 0 saturated heterocycles. The molecule has 0 aliphatic carbocycles. The van der Waals surface area contributed by atoms with Crippen LogP contribution in [0.15, 0.2) is 48.5 Å². The van der Waals surface area contributed by atoms with Crippen LogP contribution in [0.1, 0.15) is 20.8 Å². The number of aromatic carboxylic acids is 1. The first-order valence-corrected chi connectivity index (χ1v) is 7.17. The van der Waals surface area contributed by atoms with E-state index >= 15 is 0 Å². The predicted octanol–water partition coefficient (Wildman–Crippen LogP) is 2.20. The molecule has 0 aliphatic heterocycles. The molecule has 0 radical (unpaired) electrons. The predicted molar refractivity (Wildman–Crippen MR) is 87.6 cm³/mol. The van der Waals surface area contributed by atoms with Gasteiger partial charge < -0.3 is 10.4 Å². The van der Waals surface area contributed by atoms with E-state index in [4.69, 9.17) is 5.11 Å². The number of hydrogen-bond donors (Lipinski definition) is 3. The van der Waals surface area contributed by atoms with Gasteiger partial charge in [-0.05, 0) is 23.3 Å². The van der Waals surface area contributed by atoms with Crippen LogP contribution in [0, 0.1) is 0 Å². The molecule has 1 amide bonds. The smallest absolute Gasteiger partial charge is 0.356 e. The molecule has 7 nitrogen and oxygen atoms in total. The van der Waals surface area contributed by atoms with Gasteiger partial charge in [0.15, 0.2) is 5.69 Å². The molecule has 0 saturated carbocycles. The lowest BCUT2D eigenvalue weighted by atomic mass is 10.0. The highest BCUT2D eigenvalue weighted by molar-refractivity contribution is 5.94. The topological polar surface area (TPSA) is 108 Å². The Balaban J connectivity index is 1.88. The second kappa shape index (κ2) is 6.33. The Morgan fingerprint density at radius 2 is 1.50 bits per heavy atom. The fraction of sp³-hybridized carbons (Fsp3) is 0.0588. The molecule has 3 rings (SSSR count). The number of amides is 1. The molecule has 2 aromatic carbocycles. The van der Waals surface area contributed by atoms with E-state index in [1.807, 2.05) is 24.3 Å². The molecular weight excluding hydrogens is 308 g/mol. The van der Waals surface area contributed by atoms with Gasteiger partial charge in [-0.1, -0.05) is 41.6 Å². The second-order valence-electron chi connectivity index (χ2n) is 5.07. The Kier molecular flexibility index (Phi) is 4.07. The largest absolute Gasteiger partial charge is 0.476 e. The number of carbonyl (C=O) groups is 2. The summed E-state index contributed by atoms with van der Waals surface area (Å²) in [6.07, 6.45) is 0. The summed E-state index contributed by atoms with van der Waals surface area (Å²) >= 11 is 0. The average Bonchev–Trinajstić information content (AvgIpc) is 3.11. The lowest BCUT2D eigenvalue weighted by Crippen LogP contribution is -2.17. The van der Waals surface area contributed by atoms with Gasteiger partial charge in [0, 0.05) is 18.2 Å². The Bertz CT molecular complexity index is 883. The minimum absolute atomic E-state index is 0.0438. The summed E-state index contributed by atoms with van der Waals surface area (Å²) in [7, 11) is 1.59. The van der Waals surface area contributed by atoms with Gasteiger partial charge in [-0.25, -0.2) is 4.79 Å². The van der Waals surface area contributed by atoms with Crippen LogP contribution in [0.2, 0.25) is 0 Å². The molecule has 120 valence electrons. The van der Waals surface area contributed by atoms with Crippen molar-refractivity contribution in [3.63, 3.8) is 0 Å². The number of nitrogens with one attached hydrogen (secondary N) is 2. The molecule has 0 spiro atoms. The van der Waals surface area contributed by atoms with E-state index in [1.54, 1.807) is 31.3 Å². The van der Waals surface area contributed by atoms with Crippen molar-refractivity contribution in [2.75, 3.05) is 7.05 Å². The molecule has 0 bridgehead atoms. The fourth-order valence-electron chi connectivity index (χ4n) is 2.36. The number of rotatable bonds is 4. The van der Waals surface area contributed by atoms with Crippen LogP contribution in [-0.4, -0.2) is 39.4 Å². The lowest BCUT2D eigenvalue weighted by Gasteiger charge is -2.05. The van der Waals surface area contributed by atoms with Crippen LogP contribution in [0.4, 0.5) is 0 Å². The Hall–Kier alpha value is -3.48. The Morgan fingerprint density at radius 3 is 2.04 bits per heavy atom. The summed E-state index contributed by atoms with van der Waals surface area (Å²) in [6.45, 7) is 0. The van der Waals surface area contributed by atoms with Gasteiger partial charge in [0.1, 0.15) is 5.69 Å². The quantitative estimate of drug-likeness (QED) is 0.682. The van der Waals surface area contributed by atoms with Crippen molar-refractivity contribution in [1.82, 2.24) is 20.7 Å². The van der Waals surface area contributed by atoms with Gasteiger partial charge in [0.2, 0.25) is 0 Å². The van der Waals surface area contributed by atoms with Gasteiger partial charge >= 0.3 is 5.97 Å². The number of carbonyl (C=O) groups excluding carboxylic acids is 1. The molecule has 3 aromatic rings. The zero-order valence-electron chi connectivity index (χ0n) is 12.8. The van der Waals surface area contributed by atoms with Gasteiger partial charge in [-0.3, -0.25) is 9.89 Å². The summed E-state index contributed by atoms with van der Waals surface area (Å²) in [4.78, 5) is 22.7. The van der Waals surface area contributed by atoms with E-state index in [0.717, 1.165) is 11.1 Å². The highest BCUT2D eigenvalue weighted by Crippen LogP contribution is 2.25. The maximum absolute atomic E-state index is 11.5. The molecular formula is C17H14N4O3. The van der Waals surface area contributed by atoms with E-state index in [0.29, 0.717) is 16.8 Å². The molecule has 0 atom stereocenters. The second-order valence-corrected chi connectivity index (χ2v) is 5.07.